The molecule has 2 rings (SSSR count). The first kappa shape index (κ1) is 19.5. The van der Waals surface area contributed by atoms with Gasteiger partial charge in [0.25, 0.3) is 10.0 Å². The van der Waals surface area contributed by atoms with Crippen molar-refractivity contribution in [2.45, 2.75) is 11.8 Å². The number of para-hydroxylation sites is 1. The van der Waals surface area contributed by atoms with E-state index in [1.54, 1.807) is 6.92 Å². The highest BCUT2D eigenvalue weighted by atomic mass is 35.5. The molecular weight excluding hydrogens is 392 g/mol. The van der Waals surface area contributed by atoms with Crippen molar-refractivity contribution in [3.63, 3.8) is 0 Å². The quantitative estimate of drug-likeness (QED) is 0.683. The molecule has 2 aromatic carbocycles. The first-order chi connectivity index (χ1) is 11.8. The van der Waals surface area contributed by atoms with Crippen LogP contribution >= 0.6 is 23.2 Å². The number of anilines is 1. The van der Waals surface area contributed by atoms with Crippen LogP contribution in [0.15, 0.2) is 47.4 Å². The van der Waals surface area contributed by atoms with Gasteiger partial charge in [0, 0.05) is 5.02 Å². The molecule has 5 nitrogen and oxygen atoms in total. The molecule has 0 unspecified atom stereocenters. The number of ether oxygens (including phenoxy) is 1. The molecule has 0 spiro atoms. The molecule has 0 N–H and O–H groups in total. The molecule has 0 bridgehead atoms. The minimum atomic E-state index is -4.37. The van der Waals surface area contributed by atoms with Gasteiger partial charge in [0.1, 0.15) is 17.3 Å². The molecule has 0 aliphatic carbocycles. The maximum Gasteiger partial charge on any atom is 0.326 e. The van der Waals surface area contributed by atoms with Crippen LogP contribution in [0.5, 0.6) is 0 Å². The molecule has 0 atom stereocenters. The molecule has 0 aliphatic rings. The van der Waals surface area contributed by atoms with E-state index in [2.05, 4.69) is 0 Å². The van der Waals surface area contributed by atoms with Crippen molar-refractivity contribution in [3.8, 4) is 0 Å². The normalized spacial score (nSPS) is 11.2. The van der Waals surface area contributed by atoms with Crippen LogP contribution in [-0.2, 0) is 19.6 Å². The van der Waals surface area contributed by atoms with Crippen LogP contribution in [0, 0.1) is 5.82 Å². The van der Waals surface area contributed by atoms with Gasteiger partial charge in [-0.25, -0.2) is 12.8 Å². The van der Waals surface area contributed by atoms with Gasteiger partial charge in [-0.3, -0.25) is 9.10 Å². The zero-order valence-corrected chi connectivity index (χ0v) is 15.4. The summed E-state index contributed by atoms with van der Waals surface area (Å²) in [5, 5.41) is 0.0298. The molecule has 0 aliphatic heterocycles. The van der Waals surface area contributed by atoms with Gasteiger partial charge in [-0.2, -0.15) is 0 Å². The Labute approximate surface area is 155 Å². The number of esters is 1. The Morgan fingerprint density at radius 3 is 2.52 bits per heavy atom. The maximum absolute atomic E-state index is 14.2. The standard InChI is InChI=1S/C16H14Cl2FNO4S/c1-2-24-16(21)10-20(14-6-4-3-5-13(14)19)25(22,23)15-9-11(17)7-8-12(15)18/h3-9H,2,10H2,1H3. The number of rotatable bonds is 6. The average molecular weight is 406 g/mol. The van der Waals surface area contributed by atoms with Crippen molar-refractivity contribution in [2.75, 3.05) is 17.5 Å². The van der Waals surface area contributed by atoms with E-state index in [0.717, 1.165) is 12.1 Å². The summed E-state index contributed by atoms with van der Waals surface area (Å²) in [5.41, 5.74) is -0.299. The Morgan fingerprint density at radius 1 is 1.20 bits per heavy atom. The van der Waals surface area contributed by atoms with Crippen LogP contribution in [-0.4, -0.2) is 27.5 Å². The van der Waals surface area contributed by atoms with E-state index < -0.39 is 28.4 Å². The van der Waals surface area contributed by atoms with Crippen LogP contribution in [0.3, 0.4) is 0 Å². The molecule has 0 radical (unpaired) electrons. The number of carbonyl (C=O) groups excluding carboxylic acids is 1. The van der Waals surface area contributed by atoms with E-state index in [9.17, 15) is 17.6 Å². The third-order valence-corrected chi connectivity index (χ3v) is 5.64. The molecule has 0 aromatic heterocycles. The fourth-order valence-corrected chi connectivity index (χ4v) is 4.23. The lowest BCUT2D eigenvalue weighted by atomic mass is 10.3. The predicted molar refractivity (Wildman–Crippen MR) is 94.0 cm³/mol. The minimum Gasteiger partial charge on any atom is -0.465 e. The average Bonchev–Trinajstić information content (AvgIpc) is 2.56. The maximum atomic E-state index is 14.2. The molecule has 0 amide bonds. The Kier molecular flexibility index (Phi) is 6.26. The lowest BCUT2D eigenvalue weighted by Gasteiger charge is -2.24. The zero-order valence-electron chi connectivity index (χ0n) is 13.1. The van der Waals surface area contributed by atoms with E-state index in [0.29, 0.717) is 4.31 Å². The van der Waals surface area contributed by atoms with E-state index in [1.165, 1.54) is 30.3 Å². The zero-order chi connectivity index (χ0) is 18.6. The smallest absolute Gasteiger partial charge is 0.326 e. The summed E-state index contributed by atoms with van der Waals surface area (Å²) in [7, 11) is -4.37. The number of hydrogen-bond acceptors (Lipinski definition) is 4. The first-order valence-electron chi connectivity index (χ1n) is 7.15. The van der Waals surface area contributed by atoms with Gasteiger partial charge in [0.15, 0.2) is 0 Å². The van der Waals surface area contributed by atoms with E-state index in [4.69, 9.17) is 27.9 Å². The molecule has 9 heteroatoms. The fraction of sp³-hybridized carbons (Fsp3) is 0.188. The van der Waals surface area contributed by atoms with Crippen LogP contribution in [0.4, 0.5) is 10.1 Å². The van der Waals surface area contributed by atoms with Crippen LogP contribution in [0.1, 0.15) is 6.92 Å². The Morgan fingerprint density at radius 2 is 1.88 bits per heavy atom. The molecule has 25 heavy (non-hydrogen) atoms. The van der Waals surface area contributed by atoms with Crippen molar-refractivity contribution in [2.24, 2.45) is 0 Å². The number of sulfonamides is 1. The third kappa shape index (κ3) is 4.42. The lowest BCUT2D eigenvalue weighted by Crippen LogP contribution is -2.37. The lowest BCUT2D eigenvalue weighted by molar-refractivity contribution is -0.141. The molecule has 2 aromatic rings. The van der Waals surface area contributed by atoms with Crippen LogP contribution < -0.4 is 4.31 Å². The summed E-state index contributed by atoms with van der Waals surface area (Å²) in [6, 6.07) is 9.04. The molecule has 0 fully saturated rings. The number of carbonyl (C=O) groups is 1. The topological polar surface area (TPSA) is 63.7 Å². The van der Waals surface area contributed by atoms with Gasteiger partial charge < -0.3 is 4.74 Å². The molecule has 0 saturated carbocycles. The highest BCUT2D eigenvalue weighted by Gasteiger charge is 2.31. The van der Waals surface area contributed by atoms with Crippen LogP contribution in [0.2, 0.25) is 10.0 Å². The van der Waals surface area contributed by atoms with E-state index in [-0.39, 0.29) is 27.2 Å². The second kappa shape index (κ2) is 8.03. The van der Waals surface area contributed by atoms with Gasteiger partial charge in [-0.15, -0.1) is 0 Å². The van der Waals surface area contributed by atoms with E-state index >= 15 is 0 Å². The molecule has 134 valence electrons. The molecule has 0 saturated heterocycles. The summed E-state index contributed by atoms with van der Waals surface area (Å²) in [6.07, 6.45) is 0. The van der Waals surface area contributed by atoms with Crippen molar-refractivity contribution < 1.29 is 22.3 Å². The highest BCUT2D eigenvalue weighted by molar-refractivity contribution is 7.93. The fourth-order valence-electron chi connectivity index (χ4n) is 2.07. The van der Waals surface area contributed by atoms with Gasteiger partial charge in [0.05, 0.1) is 17.3 Å². The van der Waals surface area contributed by atoms with Crippen molar-refractivity contribution in [1.82, 2.24) is 0 Å². The number of halogens is 3. The minimum absolute atomic E-state index is 0.0575. The summed E-state index contributed by atoms with van der Waals surface area (Å²) >= 11 is 11.8. The summed E-state index contributed by atoms with van der Waals surface area (Å²) in [4.78, 5) is 11.5. The van der Waals surface area contributed by atoms with Gasteiger partial charge in [-0.1, -0.05) is 35.3 Å². The molecular formula is C16H14Cl2FNO4S. The Balaban J connectivity index is 2.59. The number of benzene rings is 2. The van der Waals surface area contributed by atoms with E-state index in [1.807, 2.05) is 0 Å². The first-order valence-corrected chi connectivity index (χ1v) is 9.35. The monoisotopic (exact) mass is 405 g/mol. The summed E-state index contributed by atoms with van der Waals surface area (Å²) < 4.78 is 45.6. The SMILES string of the molecule is CCOC(=O)CN(c1ccccc1F)S(=O)(=O)c1cc(Cl)ccc1Cl. The largest absolute Gasteiger partial charge is 0.465 e. The number of nitrogens with zero attached hydrogens (tertiary/aromatic N) is 1. The van der Waals surface area contributed by atoms with Gasteiger partial charge in [-0.05, 0) is 37.3 Å². The third-order valence-electron chi connectivity index (χ3n) is 3.16. The van der Waals surface area contributed by atoms with Gasteiger partial charge in [0.2, 0.25) is 0 Å². The second-order valence-electron chi connectivity index (χ2n) is 4.84. The molecule has 0 heterocycles. The Hall–Kier alpha value is -1.83. The summed E-state index contributed by atoms with van der Waals surface area (Å²) in [5.74, 6) is -1.64. The summed E-state index contributed by atoms with van der Waals surface area (Å²) in [6.45, 7) is 0.926. The van der Waals surface area contributed by atoms with Crippen molar-refractivity contribution >= 4 is 44.9 Å². The Bertz CT molecular complexity index is 889. The van der Waals surface area contributed by atoms with Crippen LogP contribution in [0.25, 0.3) is 0 Å². The highest BCUT2D eigenvalue weighted by Crippen LogP contribution is 2.31. The van der Waals surface area contributed by atoms with Crippen molar-refractivity contribution in [3.05, 3.63) is 58.3 Å². The number of hydrogen-bond donors (Lipinski definition) is 0. The second-order valence-corrected chi connectivity index (χ2v) is 7.52. The predicted octanol–water partition coefficient (Wildman–Crippen LogP) is 3.89. The van der Waals surface area contributed by atoms with Gasteiger partial charge >= 0.3 is 5.97 Å². The van der Waals surface area contributed by atoms with Crippen molar-refractivity contribution in [1.29, 1.82) is 0 Å².